The van der Waals surface area contributed by atoms with Crippen LogP contribution in [0, 0.1) is 5.92 Å². The Morgan fingerprint density at radius 3 is 2.38 bits per heavy atom. The summed E-state index contributed by atoms with van der Waals surface area (Å²) in [5, 5.41) is 2.93. The molecule has 0 aromatic heterocycles. The number of hydrogen-bond donors (Lipinski definition) is 3. The molecule has 1 amide bonds. The molecule has 2 aromatic carbocycles. The largest absolute Gasteiger partial charge is 0.457 e. The summed E-state index contributed by atoms with van der Waals surface area (Å²) >= 11 is 0. The molecule has 5 N–H and O–H groups in total. The Kier molecular flexibility index (Phi) is 8.99. The van der Waals surface area contributed by atoms with Crippen LogP contribution >= 0.6 is 0 Å². The number of para-hydroxylation sites is 1. The molecule has 2 rings (SSSR count). The van der Waals surface area contributed by atoms with Gasteiger partial charge >= 0.3 is 0 Å². The van der Waals surface area contributed by atoms with Gasteiger partial charge in [0.1, 0.15) is 11.5 Å². The van der Waals surface area contributed by atoms with Gasteiger partial charge in [0.2, 0.25) is 0 Å². The second-order valence-electron chi connectivity index (χ2n) is 7.11. The molecule has 0 aliphatic heterocycles. The van der Waals surface area contributed by atoms with Gasteiger partial charge in [-0.3, -0.25) is 4.79 Å². The molecule has 1 atom stereocenters. The van der Waals surface area contributed by atoms with Crippen molar-refractivity contribution < 1.29 is 9.53 Å². The van der Waals surface area contributed by atoms with Crippen molar-refractivity contribution in [1.82, 2.24) is 5.32 Å². The lowest BCUT2D eigenvalue weighted by atomic mass is 10.0. The Morgan fingerprint density at radius 1 is 1.10 bits per heavy atom. The number of rotatable bonds is 10. The third-order valence-electron chi connectivity index (χ3n) is 4.48. The van der Waals surface area contributed by atoms with Gasteiger partial charge in [0.05, 0.1) is 5.57 Å². The number of allylic oxidation sites excluding steroid dienone is 2. The van der Waals surface area contributed by atoms with Gasteiger partial charge in [-0.1, -0.05) is 49.4 Å². The van der Waals surface area contributed by atoms with E-state index in [2.05, 4.69) is 12.2 Å². The average molecular weight is 394 g/mol. The van der Waals surface area contributed by atoms with Crippen molar-refractivity contribution in [2.24, 2.45) is 17.4 Å². The van der Waals surface area contributed by atoms with Crippen LogP contribution in [0.4, 0.5) is 0 Å². The Bertz CT molecular complexity index is 823. The highest BCUT2D eigenvalue weighted by Crippen LogP contribution is 2.21. The minimum atomic E-state index is -0.183. The molecule has 5 nitrogen and oxygen atoms in total. The topological polar surface area (TPSA) is 90.4 Å². The van der Waals surface area contributed by atoms with Crippen LogP contribution < -0.4 is 21.5 Å². The van der Waals surface area contributed by atoms with E-state index < -0.39 is 0 Å². The zero-order valence-corrected chi connectivity index (χ0v) is 17.2. The molecule has 0 spiro atoms. The fraction of sp³-hybridized carbons (Fsp3) is 0.292. The van der Waals surface area contributed by atoms with Crippen molar-refractivity contribution in [3.8, 4) is 11.5 Å². The maximum Gasteiger partial charge on any atom is 0.253 e. The summed E-state index contributed by atoms with van der Waals surface area (Å²) in [6.07, 6.45) is 5.77. The van der Waals surface area contributed by atoms with E-state index in [4.69, 9.17) is 16.2 Å². The normalized spacial score (nSPS) is 13.1. The van der Waals surface area contributed by atoms with E-state index >= 15 is 0 Å². The second kappa shape index (κ2) is 11.7. The van der Waals surface area contributed by atoms with Crippen molar-refractivity contribution in [3.63, 3.8) is 0 Å². The molecule has 0 bridgehead atoms. The first kappa shape index (κ1) is 22.2. The van der Waals surface area contributed by atoms with E-state index in [1.165, 1.54) is 0 Å². The van der Waals surface area contributed by atoms with Gasteiger partial charge < -0.3 is 21.5 Å². The van der Waals surface area contributed by atoms with E-state index in [1.807, 2.05) is 66.7 Å². The smallest absolute Gasteiger partial charge is 0.253 e. The minimum absolute atomic E-state index is 0.183. The van der Waals surface area contributed by atoms with E-state index in [1.54, 1.807) is 6.92 Å². The van der Waals surface area contributed by atoms with Gasteiger partial charge in [-0.2, -0.15) is 0 Å². The first-order valence-corrected chi connectivity index (χ1v) is 9.94. The molecule has 0 aliphatic carbocycles. The lowest BCUT2D eigenvalue weighted by Crippen LogP contribution is -2.25. The molecule has 0 radical (unpaired) electrons. The summed E-state index contributed by atoms with van der Waals surface area (Å²) in [5.74, 6) is 1.70. The summed E-state index contributed by atoms with van der Waals surface area (Å²) in [4.78, 5) is 12.5. The third kappa shape index (κ3) is 7.84. The number of carbonyl (C=O) groups excluding carboxylic acids is 1. The second-order valence-corrected chi connectivity index (χ2v) is 7.11. The molecule has 29 heavy (non-hydrogen) atoms. The van der Waals surface area contributed by atoms with Crippen molar-refractivity contribution in [2.45, 2.75) is 33.2 Å². The van der Waals surface area contributed by atoms with Gasteiger partial charge in [-0.05, 0) is 62.1 Å². The summed E-state index contributed by atoms with van der Waals surface area (Å²) in [7, 11) is 0. The number of nitrogens with one attached hydrogen (secondary N) is 1. The van der Waals surface area contributed by atoms with E-state index in [0.29, 0.717) is 30.3 Å². The van der Waals surface area contributed by atoms with Gasteiger partial charge in [0, 0.05) is 12.2 Å². The SMILES string of the molecule is C/C(N)=C(\C=C/C(C)CCCN)C(=O)NCc1ccc(Oc2ccccc2)cc1. The Balaban J connectivity index is 1.90. The first-order valence-electron chi connectivity index (χ1n) is 9.94. The Hall–Kier alpha value is -3.05. The Labute approximate surface area is 173 Å². The predicted octanol–water partition coefficient (Wildman–Crippen LogP) is 4.26. The number of hydrogen-bond acceptors (Lipinski definition) is 4. The monoisotopic (exact) mass is 393 g/mol. The summed E-state index contributed by atoms with van der Waals surface area (Å²) in [6.45, 7) is 4.93. The lowest BCUT2D eigenvalue weighted by Gasteiger charge is -2.10. The fourth-order valence-corrected chi connectivity index (χ4v) is 2.76. The molecule has 0 fully saturated rings. The molecule has 154 valence electrons. The summed E-state index contributed by atoms with van der Waals surface area (Å²) in [5.41, 5.74) is 13.4. The standard InChI is InChI=1S/C24H31N3O2/c1-18(7-6-16-25)10-15-23(19(2)26)24(28)27-17-20-11-13-22(14-12-20)29-21-8-4-3-5-9-21/h3-5,8-15,18H,6-7,16-17,25-26H2,1-2H3,(H,27,28)/b15-10-,23-19-. The third-order valence-corrected chi connectivity index (χ3v) is 4.48. The molecule has 0 saturated heterocycles. The molecule has 0 aliphatic rings. The number of ether oxygens (including phenoxy) is 1. The van der Waals surface area contributed by atoms with Gasteiger partial charge in [-0.25, -0.2) is 0 Å². The number of carbonyl (C=O) groups is 1. The van der Waals surface area contributed by atoms with Crippen LogP contribution in [-0.4, -0.2) is 12.5 Å². The molecule has 5 heteroatoms. The number of benzene rings is 2. The van der Waals surface area contributed by atoms with Crippen molar-refractivity contribution >= 4 is 5.91 Å². The van der Waals surface area contributed by atoms with Gasteiger partial charge in [-0.15, -0.1) is 0 Å². The van der Waals surface area contributed by atoms with Crippen LogP contribution in [-0.2, 0) is 11.3 Å². The van der Waals surface area contributed by atoms with Crippen LogP contribution in [0.25, 0.3) is 0 Å². The highest BCUT2D eigenvalue weighted by atomic mass is 16.5. The highest BCUT2D eigenvalue weighted by molar-refractivity contribution is 5.96. The van der Waals surface area contributed by atoms with Crippen molar-refractivity contribution in [1.29, 1.82) is 0 Å². The Morgan fingerprint density at radius 2 is 1.76 bits per heavy atom. The predicted molar refractivity (Wildman–Crippen MR) is 118 cm³/mol. The van der Waals surface area contributed by atoms with Crippen LogP contribution in [0.1, 0.15) is 32.3 Å². The average Bonchev–Trinajstić information content (AvgIpc) is 2.72. The first-order chi connectivity index (χ1) is 14.0. The quantitative estimate of drug-likeness (QED) is 0.415. The summed E-state index contributed by atoms with van der Waals surface area (Å²) in [6, 6.07) is 17.2. The lowest BCUT2D eigenvalue weighted by molar-refractivity contribution is -0.117. The fourth-order valence-electron chi connectivity index (χ4n) is 2.76. The van der Waals surface area contributed by atoms with Crippen LogP contribution in [0.3, 0.4) is 0 Å². The van der Waals surface area contributed by atoms with Crippen LogP contribution in [0.2, 0.25) is 0 Å². The molecular formula is C24H31N3O2. The van der Waals surface area contributed by atoms with Crippen molar-refractivity contribution in [3.05, 3.63) is 83.6 Å². The van der Waals surface area contributed by atoms with E-state index in [-0.39, 0.29) is 5.91 Å². The molecular weight excluding hydrogens is 362 g/mol. The zero-order valence-electron chi connectivity index (χ0n) is 17.2. The number of amides is 1. The minimum Gasteiger partial charge on any atom is -0.457 e. The molecule has 1 unspecified atom stereocenters. The molecule has 0 saturated carbocycles. The van der Waals surface area contributed by atoms with Crippen molar-refractivity contribution in [2.75, 3.05) is 6.54 Å². The molecule has 0 heterocycles. The molecule has 2 aromatic rings. The van der Waals surface area contributed by atoms with Gasteiger partial charge in [0.15, 0.2) is 0 Å². The maximum atomic E-state index is 12.5. The van der Waals surface area contributed by atoms with E-state index in [0.717, 1.165) is 29.9 Å². The van der Waals surface area contributed by atoms with Crippen LogP contribution in [0.5, 0.6) is 11.5 Å². The highest BCUT2D eigenvalue weighted by Gasteiger charge is 2.09. The van der Waals surface area contributed by atoms with Gasteiger partial charge in [0.25, 0.3) is 5.91 Å². The number of nitrogens with two attached hydrogens (primary N) is 2. The summed E-state index contributed by atoms with van der Waals surface area (Å²) < 4.78 is 5.78. The van der Waals surface area contributed by atoms with E-state index in [9.17, 15) is 4.79 Å². The van der Waals surface area contributed by atoms with Crippen LogP contribution in [0.15, 0.2) is 78.0 Å². The maximum absolute atomic E-state index is 12.5. The zero-order chi connectivity index (χ0) is 21.1.